The first-order valence-electron chi connectivity index (χ1n) is 3.71. The van der Waals surface area contributed by atoms with Crippen LogP contribution in [0.4, 0.5) is 0 Å². The van der Waals surface area contributed by atoms with Gasteiger partial charge in [-0.2, -0.15) is 0 Å². The van der Waals surface area contributed by atoms with E-state index < -0.39 is 0 Å². The molecule has 0 N–H and O–H groups in total. The minimum Gasteiger partial charge on any atom is -0.299 e. The molecule has 1 aromatic rings. The van der Waals surface area contributed by atoms with Gasteiger partial charge in [0.2, 0.25) is 0 Å². The molecule has 0 spiro atoms. The Balaban J connectivity index is 2.84. The van der Waals surface area contributed by atoms with E-state index in [9.17, 15) is 4.79 Å². The molecular weight excluding hydrogens is 148 g/mol. The number of aldehydes is 1. The zero-order valence-electron chi connectivity index (χ0n) is 6.73. The van der Waals surface area contributed by atoms with E-state index >= 15 is 0 Å². The number of carbonyl (C=O) groups is 1. The van der Waals surface area contributed by atoms with Crippen LogP contribution in [-0.2, 0) is 4.79 Å². The Labute approximate surface area is 72.0 Å². The second kappa shape index (κ2) is 4.29. The van der Waals surface area contributed by atoms with Crippen molar-refractivity contribution in [2.24, 2.45) is 0 Å². The van der Waals surface area contributed by atoms with E-state index in [2.05, 4.69) is 6.58 Å². The first-order chi connectivity index (χ1) is 5.86. The summed E-state index contributed by atoms with van der Waals surface area (Å²) in [6, 6.07) is 7.79. The molecule has 0 heterocycles. The lowest BCUT2D eigenvalue weighted by molar-refractivity contribution is -0.104. The monoisotopic (exact) mass is 158 g/mol. The van der Waals surface area contributed by atoms with Gasteiger partial charge in [0.15, 0.2) is 0 Å². The van der Waals surface area contributed by atoms with Crippen molar-refractivity contribution in [1.82, 2.24) is 0 Å². The molecule has 1 aromatic carbocycles. The van der Waals surface area contributed by atoms with Gasteiger partial charge in [0.25, 0.3) is 0 Å². The topological polar surface area (TPSA) is 17.1 Å². The van der Waals surface area contributed by atoms with E-state index in [-0.39, 0.29) is 0 Å². The van der Waals surface area contributed by atoms with Gasteiger partial charge in [-0.25, -0.2) is 0 Å². The van der Waals surface area contributed by atoms with Gasteiger partial charge in [-0.15, -0.1) is 0 Å². The molecule has 0 fully saturated rings. The van der Waals surface area contributed by atoms with Crippen molar-refractivity contribution in [1.29, 1.82) is 0 Å². The SMILES string of the molecule is C=Cc1ccc(C=CC=O)cc1. The van der Waals surface area contributed by atoms with Gasteiger partial charge in [-0.1, -0.05) is 43.0 Å². The van der Waals surface area contributed by atoms with Crippen LogP contribution in [0.5, 0.6) is 0 Å². The quantitative estimate of drug-likeness (QED) is 0.488. The summed E-state index contributed by atoms with van der Waals surface area (Å²) >= 11 is 0. The van der Waals surface area contributed by atoms with Crippen molar-refractivity contribution >= 4 is 18.4 Å². The highest BCUT2D eigenvalue weighted by Crippen LogP contribution is 2.06. The lowest BCUT2D eigenvalue weighted by Gasteiger charge is -1.93. The summed E-state index contributed by atoms with van der Waals surface area (Å²) in [6.45, 7) is 3.65. The molecule has 0 radical (unpaired) electrons. The highest BCUT2D eigenvalue weighted by molar-refractivity contribution is 5.73. The van der Waals surface area contributed by atoms with Crippen molar-refractivity contribution in [3.63, 3.8) is 0 Å². The molecular formula is C11H10O. The third-order valence-corrected chi connectivity index (χ3v) is 1.54. The molecule has 0 saturated heterocycles. The van der Waals surface area contributed by atoms with Crippen LogP contribution in [0.25, 0.3) is 12.2 Å². The Morgan fingerprint density at radius 2 is 1.67 bits per heavy atom. The number of allylic oxidation sites excluding steroid dienone is 1. The van der Waals surface area contributed by atoms with Crippen LogP contribution in [0.15, 0.2) is 36.9 Å². The van der Waals surface area contributed by atoms with Crippen LogP contribution in [0, 0.1) is 0 Å². The normalized spacial score (nSPS) is 10.0. The van der Waals surface area contributed by atoms with Crippen LogP contribution in [0.2, 0.25) is 0 Å². The van der Waals surface area contributed by atoms with E-state index in [0.29, 0.717) is 0 Å². The highest BCUT2D eigenvalue weighted by atomic mass is 16.1. The molecule has 1 nitrogen and oxygen atoms in total. The van der Waals surface area contributed by atoms with E-state index in [1.54, 1.807) is 12.2 Å². The molecule has 1 rings (SSSR count). The maximum atomic E-state index is 10.00. The Morgan fingerprint density at radius 3 is 2.17 bits per heavy atom. The molecule has 0 unspecified atom stereocenters. The van der Waals surface area contributed by atoms with Crippen molar-refractivity contribution in [3.05, 3.63) is 48.0 Å². The van der Waals surface area contributed by atoms with E-state index in [4.69, 9.17) is 0 Å². The zero-order chi connectivity index (χ0) is 8.81. The second-order valence-electron chi connectivity index (χ2n) is 2.37. The Hall–Kier alpha value is -1.63. The molecule has 0 atom stereocenters. The zero-order valence-corrected chi connectivity index (χ0v) is 6.73. The molecule has 0 amide bonds. The van der Waals surface area contributed by atoms with Crippen molar-refractivity contribution in [2.75, 3.05) is 0 Å². The summed E-state index contributed by atoms with van der Waals surface area (Å²) in [7, 11) is 0. The highest BCUT2D eigenvalue weighted by Gasteiger charge is 1.85. The molecule has 60 valence electrons. The van der Waals surface area contributed by atoms with Crippen LogP contribution in [0.3, 0.4) is 0 Å². The minimum absolute atomic E-state index is 0.765. The smallest absolute Gasteiger partial charge is 0.142 e. The largest absolute Gasteiger partial charge is 0.299 e. The third-order valence-electron chi connectivity index (χ3n) is 1.54. The van der Waals surface area contributed by atoms with Gasteiger partial charge in [0.05, 0.1) is 0 Å². The lowest BCUT2D eigenvalue weighted by Crippen LogP contribution is -1.73. The summed E-state index contributed by atoms with van der Waals surface area (Å²) in [5.41, 5.74) is 2.10. The van der Waals surface area contributed by atoms with Crippen LogP contribution >= 0.6 is 0 Å². The molecule has 1 heteroatoms. The Kier molecular flexibility index (Phi) is 3.03. The van der Waals surface area contributed by atoms with Gasteiger partial charge in [-0.05, 0) is 17.2 Å². The Morgan fingerprint density at radius 1 is 1.08 bits per heavy atom. The maximum Gasteiger partial charge on any atom is 0.142 e. The second-order valence-corrected chi connectivity index (χ2v) is 2.37. The van der Waals surface area contributed by atoms with Gasteiger partial charge in [-0.3, -0.25) is 4.79 Å². The number of hydrogen-bond acceptors (Lipinski definition) is 1. The summed E-state index contributed by atoms with van der Waals surface area (Å²) in [6.07, 6.45) is 5.79. The van der Waals surface area contributed by atoms with Crippen molar-refractivity contribution < 1.29 is 4.79 Å². The fraction of sp³-hybridized carbons (Fsp3) is 0. The average molecular weight is 158 g/mol. The summed E-state index contributed by atoms with van der Waals surface area (Å²) in [4.78, 5) is 10.00. The van der Waals surface area contributed by atoms with Crippen LogP contribution in [-0.4, -0.2) is 6.29 Å². The summed E-state index contributed by atoms with van der Waals surface area (Å²) < 4.78 is 0. The van der Waals surface area contributed by atoms with E-state index in [1.165, 1.54) is 6.08 Å². The van der Waals surface area contributed by atoms with Crippen molar-refractivity contribution in [3.8, 4) is 0 Å². The molecule has 0 aliphatic carbocycles. The summed E-state index contributed by atoms with van der Waals surface area (Å²) in [5.74, 6) is 0. The standard InChI is InChI=1S/C11H10O/c1-2-10-5-7-11(8-6-10)4-3-9-12/h2-9H,1H2. The first kappa shape index (κ1) is 8.47. The van der Waals surface area contributed by atoms with Crippen LogP contribution < -0.4 is 0 Å². The molecule has 0 bridgehead atoms. The average Bonchev–Trinajstić information content (AvgIpc) is 2.15. The number of rotatable bonds is 3. The lowest BCUT2D eigenvalue weighted by atomic mass is 10.1. The predicted octanol–water partition coefficient (Wildman–Crippen LogP) is 2.54. The van der Waals surface area contributed by atoms with E-state index in [1.807, 2.05) is 24.3 Å². The third kappa shape index (κ3) is 2.20. The summed E-state index contributed by atoms with van der Waals surface area (Å²) in [5, 5.41) is 0. The van der Waals surface area contributed by atoms with E-state index in [0.717, 1.165) is 17.4 Å². The van der Waals surface area contributed by atoms with Gasteiger partial charge in [0, 0.05) is 0 Å². The maximum absolute atomic E-state index is 10.00. The first-order valence-corrected chi connectivity index (χ1v) is 3.71. The van der Waals surface area contributed by atoms with Gasteiger partial charge < -0.3 is 0 Å². The molecule has 0 aliphatic rings. The Bertz CT molecular complexity index is 293. The minimum atomic E-state index is 0.765. The molecule has 0 aromatic heterocycles. The van der Waals surface area contributed by atoms with Crippen LogP contribution in [0.1, 0.15) is 11.1 Å². The van der Waals surface area contributed by atoms with Crippen molar-refractivity contribution in [2.45, 2.75) is 0 Å². The predicted molar refractivity (Wildman–Crippen MR) is 51.6 cm³/mol. The van der Waals surface area contributed by atoms with Gasteiger partial charge >= 0.3 is 0 Å². The molecule has 0 aliphatic heterocycles. The molecule has 12 heavy (non-hydrogen) atoms. The number of carbonyl (C=O) groups excluding carboxylic acids is 1. The fourth-order valence-electron chi connectivity index (χ4n) is 0.894. The number of benzene rings is 1. The number of hydrogen-bond donors (Lipinski definition) is 0. The fourth-order valence-corrected chi connectivity index (χ4v) is 0.894. The van der Waals surface area contributed by atoms with Gasteiger partial charge in [0.1, 0.15) is 6.29 Å². The molecule has 0 saturated carbocycles.